The van der Waals surface area contributed by atoms with E-state index in [1.54, 1.807) is 29.0 Å². The van der Waals surface area contributed by atoms with E-state index in [1.807, 2.05) is 20.8 Å². The Morgan fingerprint density at radius 3 is 2.60 bits per heavy atom. The molecule has 1 saturated heterocycles. The van der Waals surface area contributed by atoms with E-state index in [0.717, 1.165) is 0 Å². The number of aromatic nitrogens is 2. The van der Waals surface area contributed by atoms with E-state index in [0.29, 0.717) is 24.4 Å². The van der Waals surface area contributed by atoms with E-state index >= 15 is 0 Å². The van der Waals surface area contributed by atoms with Crippen molar-refractivity contribution in [3.05, 3.63) is 12.4 Å². The molecule has 0 aliphatic carbocycles. The molecule has 2 rings (SSSR count). The van der Waals surface area contributed by atoms with Gasteiger partial charge in [0.1, 0.15) is 12.1 Å². The SMILES string of the molecule is CCC1C(=O)NC(CC(C)C)C(=O)N1c1cnn(C)c1. The van der Waals surface area contributed by atoms with Gasteiger partial charge < -0.3 is 5.32 Å². The number of carbonyl (C=O) groups is 2. The van der Waals surface area contributed by atoms with Gasteiger partial charge in [0.15, 0.2) is 0 Å². The fraction of sp³-hybridized carbons (Fsp3) is 0.643. The molecule has 0 radical (unpaired) electrons. The summed E-state index contributed by atoms with van der Waals surface area (Å²) >= 11 is 0. The summed E-state index contributed by atoms with van der Waals surface area (Å²) in [6.45, 7) is 5.99. The molecule has 1 aromatic heterocycles. The first-order valence-electron chi connectivity index (χ1n) is 7.06. The van der Waals surface area contributed by atoms with Gasteiger partial charge in [-0.25, -0.2) is 0 Å². The number of nitrogens with zero attached hydrogens (tertiary/aromatic N) is 3. The molecular weight excluding hydrogens is 256 g/mol. The van der Waals surface area contributed by atoms with Gasteiger partial charge in [0.05, 0.1) is 11.9 Å². The highest BCUT2D eigenvalue weighted by Gasteiger charge is 2.40. The minimum Gasteiger partial charge on any atom is -0.342 e. The van der Waals surface area contributed by atoms with Crippen LogP contribution in [0.5, 0.6) is 0 Å². The largest absolute Gasteiger partial charge is 0.342 e. The molecule has 0 spiro atoms. The maximum Gasteiger partial charge on any atom is 0.250 e. The molecule has 6 nitrogen and oxygen atoms in total. The van der Waals surface area contributed by atoms with E-state index in [9.17, 15) is 9.59 Å². The highest BCUT2D eigenvalue weighted by molar-refractivity contribution is 6.08. The standard InChI is InChI=1S/C14H22N4O2/c1-5-12-13(19)16-11(6-9(2)3)14(20)18(12)10-7-15-17(4)8-10/h7-9,11-12H,5-6H2,1-4H3,(H,16,19). The fourth-order valence-corrected chi connectivity index (χ4v) is 2.61. The number of hydrogen-bond donors (Lipinski definition) is 1. The maximum atomic E-state index is 12.7. The van der Waals surface area contributed by atoms with Crippen LogP contribution in [0.2, 0.25) is 0 Å². The summed E-state index contributed by atoms with van der Waals surface area (Å²) in [5, 5.41) is 6.94. The first kappa shape index (κ1) is 14.6. The normalized spacial score (nSPS) is 23.4. The summed E-state index contributed by atoms with van der Waals surface area (Å²) in [4.78, 5) is 26.5. The van der Waals surface area contributed by atoms with Crippen LogP contribution >= 0.6 is 0 Å². The Hall–Kier alpha value is -1.85. The van der Waals surface area contributed by atoms with Gasteiger partial charge in [0.25, 0.3) is 0 Å². The molecule has 2 amide bonds. The minimum atomic E-state index is -0.449. The summed E-state index contributed by atoms with van der Waals surface area (Å²) in [5.74, 6) is 0.220. The van der Waals surface area contributed by atoms with Gasteiger partial charge in [-0.05, 0) is 18.8 Å². The predicted molar refractivity (Wildman–Crippen MR) is 76.2 cm³/mol. The van der Waals surface area contributed by atoms with Gasteiger partial charge in [0, 0.05) is 13.2 Å². The van der Waals surface area contributed by atoms with Crippen LogP contribution in [0.25, 0.3) is 0 Å². The molecule has 0 bridgehead atoms. The minimum absolute atomic E-state index is 0.0434. The lowest BCUT2D eigenvalue weighted by molar-refractivity contribution is -0.134. The van der Waals surface area contributed by atoms with Crippen molar-refractivity contribution in [1.29, 1.82) is 0 Å². The highest BCUT2D eigenvalue weighted by Crippen LogP contribution is 2.24. The zero-order valence-corrected chi connectivity index (χ0v) is 12.5. The van der Waals surface area contributed by atoms with Gasteiger partial charge in [0.2, 0.25) is 11.8 Å². The third kappa shape index (κ3) is 2.69. The summed E-state index contributed by atoms with van der Waals surface area (Å²) in [6.07, 6.45) is 4.63. The average Bonchev–Trinajstić information content (AvgIpc) is 2.78. The number of hydrogen-bond acceptors (Lipinski definition) is 3. The van der Waals surface area contributed by atoms with Crippen molar-refractivity contribution < 1.29 is 9.59 Å². The summed E-state index contributed by atoms with van der Waals surface area (Å²) in [6, 6.07) is -0.888. The van der Waals surface area contributed by atoms with E-state index < -0.39 is 12.1 Å². The first-order valence-corrected chi connectivity index (χ1v) is 7.06. The second-order valence-corrected chi connectivity index (χ2v) is 5.70. The van der Waals surface area contributed by atoms with Crippen molar-refractivity contribution in [3.8, 4) is 0 Å². The molecule has 20 heavy (non-hydrogen) atoms. The Labute approximate surface area is 119 Å². The summed E-state index contributed by atoms with van der Waals surface area (Å²) < 4.78 is 1.64. The smallest absolute Gasteiger partial charge is 0.250 e. The molecule has 0 saturated carbocycles. The number of carbonyl (C=O) groups excluding carboxylic acids is 2. The van der Waals surface area contributed by atoms with Crippen LogP contribution in [-0.2, 0) is 16.6 Å². The second-order valence-electron chi connectivity index (χ2n) is 5.70. The molecule has 0 aromatic carbocycles. The lowest BCUT2D eigenvalue weighted by Crippen LogP contribution is -2.63. The van der Waals surface area contributed by atoms with E-state index in [1.165, 1.54) is 0 Å². The zero-order valence-electron chi connectivity index (χ0n) is 12.5. The monoisotopic (exact) mass is 278 g/mol. The van der Waals surface area contributed by atoms with Crippen molar-refractivity contribution in [1.82, 2.24) is 15.1 Å². The van der Waals surface area contributed by atoms with Crippen molar-refractivity contribution in [3.63, 3.8) is 0 Å². The molecule has 1 aromatic rings. The summed E-state index contributed by atoms with van der Waals surface area (Å²) in [5.41, 5.74) is 0.688. The predicted octanol–water partition coefficient (Wildman–Crippen LogP) is 1.08. The average molecular weight is 278 g/mol. The Morgan fingerprint density at radius 2 is 2.10 bits per heavy atom. The van der Waals surface area contributed by atoms with Crippen molar-refractivity contribution >= 4 is 17.5 Å². The van der Waals surface area contributed by atoms with Gasteiger partial charge >= 0.3 is 0 Å². The number of rotatable bonds is 4. The number of aryl methyl sites for hydroxylation is 1. The molecular formula is C14H22N4O2. The molecule has 110 valence electrons. The molecule has 1 aliphatic heterocycles. The lowest BCUT2D eigenvalue weighted by atomic mass is 9.97. The van der Waals surface area contributed by atoms with Crippen LogP contribution in [0.1, 0.15) is 33.6 Å². The molecule has 2 atom stereocenters. The molecule has 2 heterocycles. The number of anilines is 1. The first-order chi connectivity index (χ1) is 9.43. The molecule has 6 heteroatoms. The van der Waals surface area contributed by atoms with Gasteiger partial charge in [-0.1, -0.05) is 20.8 Å². The molecule has 2 unspecified atom stereocenters. The van der Waals surface area contributed by atoms with Gasteiger partial charge in [-0.3, -0.25) is 19.2 Å². The van der Waals surface area contributed by atoms with Crippen LogP contribution in [0.4, 0.5) is 5.69 Å². The summed E-state index contributed by atoms with van der Waals surface area (Å²) in [7, 11) is 1.80. The number of piperazine rings is 1. The van der Waals surface area contributed by atoms with Crippen molar-refractivity contribution in [2.45, 2.75) is 45.7 Å². The van der Waals surface area contributed by atoms with E-state index in [4.69, 9.17) is 0 Å². The second kappa shape index (κ2) is 5.64. The van der Waals surface area contributed by atoms with Crippen LogP contribution in [0.3, 0.4) is 0 Å². The van der Waals surface area contributed by atoms with E-state index in [2.05, 4.69) is 10.4 Å². The topological polar surface area (TPSA) is 67.2 Å². The lowest BCUT2D eigenvalue weighted by Gasteiger charge is -2.38. The fourth-order valence-electron chi connectivity index (χ4n) is 2.61. The Balaban J connectivity index is 2.32. The highest BCUT2D eigenvalue weighted by atomic mass is 16.2. The van der Waals surface area contributed by atoms with Gasteiger partial charge in [-0.2, -0.15) is 5.10 Å². The zero-order chi connectivity index (χ0) is 14.9. The van der Waals surface area contributed by atoms with Crippen molar-refractivity contribution in [2.24, 2.45) is 13.0 Å². The molecule has 1 aliphatic rings. The molecule has 1 fully saturated rings. The molecule has 1 N–H and O–H groups in total. The Morgan fingerprint density at radius 1 is 1.40 bits per heavy atom. The maximum absolute atomic E-state index is 12.7. The van der Waals surface area contributed by atoms with Crippen LogP contribution in [0, 0.1) is 5.92 Å². The van der Waals surface area contributed by atoms with Crippen LogP contribution in [-0.4, -0.2) is 33.7 Å². The number of nitrogens with one attached hydrogen (secondary N) is 1. The van der Waals surface area contributed by atoms with Crippen LogP contribution in [0.15, 0.2) is 12.4 Å². The van der Waals surface area contributed by atoms with E-state index in [-0.39, 0.29) is 11.8 Å². The van der Waals surface area contributed by atoms with Gasteiger partial charge in [-0.15, -0.1) is 0 Å². The van der Waals surface area contributed by atoms with Crippen LogP contribution < -0.4 is 10.2 Å². The third-order valence-corrected chi connectivity index (χ3v) is 3.53. The Kier molecular flexibility index (Phi) is 4.11. The Bertz CT molecular complexity index is 509. The third-order valence-electron chi connectivity index (χ3n) is 3.53. The quantitative estimate of drug-likeness (QED) is 0.896. The number of amides is 2. The van der Waals surface area contributed by atoms with Crippen molar-refractivity contribution in [2.75, 3.05) is 4.90 Å².